The average Bonchev–Trinajstić information content (AvgIpc) is 3.69. The van der Waals surface area contributed by atoms with Crippen LogP contribution in [-0.2, 0) is 42.8 Å². The predicted molar refractivity (Wildman–Crippen MR) is 212 cm³/mol. The minimum Gasteiger partial charge on any atom is -0.543 e. The van der Waals surface area contributed by atoms with Gasteiger partial charge in [-0.3, -0.25) is 33.6 Å². The number of ether oxygens (including phenoxy) is 1. The fourth-order valence-electron chi connectivity index (χ4n) is 5.52. The molecule has 1 aromatic carbocycles. The van der Waals surface area contributed by atoms with E-state index in [1.165, 1.54) is 44.0 Å². The fourth-order valence-corrected chi connectivity index (χ4v) is 5.52. The molecule has 5 amide bonds. The Morgan fingerprint density at radius 3 is 2.25 bits per heavy atom. The van der Waals surface area contributed by atoms with Gasteiger partial charge in [-0.15, -0.1) is 0 Å². The molecule has 1 heterocycles. The molecule has 59 heavy (non-hydrogen) atoms. The number of unbranched alkanes of at least 4 members (excludes halogenated alkanes) is 2. The molecule has 0 bridgehead atoms. The van der Waals surface area contributed by atoms with Crippen LogP contribution in [0.5, 0.6) is 5.75 Å². The largest absolute Gasteiger partial charge is 0.543 e. The minimum atomic E-state index is -1.51. The van der Waals surface area contributed by atoms with Gasteiger partial charge in [0.2, 0.25) is 12.3 Å². The van der Waals surface area contributed by atoms with Crippen molar-refractivity contribution in [2.45, 2.75) is 104 Å². The van der Waals surface area contributed by atoms with Crippen molar-refractivity contribution in [2.24, 2.45) is 5.92 Å². The lowest BCUT2D eigenvalue weighted by atomic mass is 9.90. The van der Waals surface area contributed by atoms with Crippen molar-refractivity contribution in [3.63, 3.8) is 0 Å². The van der Waals surface area contributed by atoms with Crippen LogP contribution < -0.4 is 26.0 Å². The highest BCUT2D eigenvalue weighted by molar-refractivity contribution is 6.29. The number of benzene rings is 1. The lowest BCUT2D eigenvalue weighted by molar-refractivity contribution is -0.169. The number of carbonyl (C=O) groups is 8. The Morgan fingerprint density at radius 2 is 1.64 bits per heavy atom. The standard InChI is InChI=1S/C37H50B3N5O14/c1-8-10-11-12-23(26(9-2)45(21-46)59-36(53)44-37(3,4)5)32(49)41-20-42-34(51)28-16-15-27(55-28)22-13-14-24(29(17-22)54-19-31(48)57-39-6)33(50)43-25(18-30(47)56-38)35(52)58-40-7/h13-17,21,23,25-26H,8-12,18-20H2,1-7H3,(H,41,49)(H,42,51)(H,43,50)(H,44,53)/t23-,25+,26-/m1/s1. The second-order valence-electron chi connectivity index (χ2n) is 13.8. The van der Waals surface area contributed by atoms with Crippen molar-refractivity contribution in [1.82, 2.24) is 26.3 Å². The lowest BCUT2D eigenvalue weighted by Crippen LogP contribution is -2.51. The van der Waals surface area contributed by atoms with E-state index >= 15 is 0 Å². The fraction of sp³-hybridized carbons (Fsp3) is 0.514. The van der Waals surface area contributed by atoms with Crippen LogP contribution in [0.1, 0.15) is 94.1 Å². The van der Waals surface area contributed by atoms with Crippen LogP contribution in [0.2, 0.25) is 13.6 Å². The molecule has 0 aliphatic heterocycles. The normalized spacial score (nSPS) is 12.3. The van der Waals surface area contributed by atoms with E-state index in [2.05, 4.69) is 25.9 Å². The maximum Gasteiger partial charge on any atom is 0.432 e. The third-order valence-electron chi connectivity index (χ3n) is 8.21. The molecular formula is C37H50B3N5O14. The lowest BCUT2D eigenvalue weighted by Gasteiger charge is -2.32. The van der Waals surface area contributed by atoms with Gasteiger partial charge in [-0.25, -0.2) is 4.79 Å². The number of hydroxylamine groups is 2. The van der Waals surface area contributed by atoms with Crippen molar-refractivity contribution in [3.05, 3.63) is 41.7 Å². The maximum atomic E-state index is 13.5. The zero-order chi connectivity index (χ0) is 44.1. The molecule has 4 N–H and O–H groups in total. The van der Waals surface area contributed by atoms with E-state index in [0.717, 1.165) is 32.9 Å². The summed E-state index contributed by atoms with van der Waals surface area (Å²) in [6, 6.07) is 4.57. The molecule has 4 radical (unpaired) electrons. The van der Waals surface area contributed by atoms with Crippen LogP contribution in [0.3, 0.4) is 0 Å². The number of hydrogen-bond donors (Lipinski definition) is 4. The summed E-state index contributed by atoms with van der Waals surface area (Å²) in [4.78, 5) is 106. The number of furan rings is 1. The molecule has 316 valence electrons. The van der Waals surface area contributed by atoms with Gasteiger partial charge in [0.05, 0.1) is 30.6 Å². The van der Waals surface area contributed by atoms with E-state index in [4.69, 9.17) is 31.3 Å². The Hall–Kier alpha value is -5.95. The highest BCUT2D eigenvalue weighted by Gasteiger charge is 2.34. The summed E-state index contributed by atoms with van der Waals surface area (Å²) in [6.45, 7) is 10.9. The molecule has 0 aliphatic rings. The smallest absolute Gasteiger partial charge is 0.432 e. The molecule has 3 atom stereocenters. The highest BCUT2D eigenvalue weighted by atomic mass is 16.7. The summed E-state index contributed by atoms with van der Waals surface area (Å²) in [7, 11) is 7.08. The van der Waals surface area contributed by atoms with Crippen LogP contribution in [-0.4, -0.2) is 107 Å². The molecule has 2 rings (SSSR count). The van der Waals surface area contributed by atoms with Gasteiger partial charge in [0.1, 0.15) is 17.6 Å². The van der Waals surface area contributed by atoms with Crippen LogP contribution in [0, 0.1) is 5.92 Å². The topological polar surface area (TPSA) is 247 Å². The molecule has 0 saturated carbocycles. The van der Waals surface area contributed by atoms with Gasteiger partial charge in [-0.1, -0.05) is 52.8 Å². The number of carbonyl (C=O) groups excluding carboxylic acids is 8. The molecule has 0 aliphatic carbocycles. The molecule has 0 fully saturated rings. The van der Waals surface area contributed by atoms with Crippen LogP contribution in [0.25, 0.3) is 11.3 Å². The quantitative estimate of drug-likeness (QED) is 0.0391. The van der Waals surface area contributed by atoms with Crippen LogP contribution in [0.4, 0.5) is 4.79 Å². The summed E-state index contributed by atoms with van der Waals surface area (Å²) in [6.07, 6.45) is 1.85. The number of amides is 5. The molecule has 0 spiro atoms. The van der Waals surface area contributed by atoms with Crippen molar-refractivity contribution in [3.8, 4) is 17.1 Å². The Bertz CT molecular complexity index is 1770. The van der Waals surface area contributed by atoms with Gasteiger partial charge < -0.3 is 49.2 Å². The Labute approximate surface area is 345 Å². The van der Waals surface area contributed by atoms with E-state index in [9.17, 15) is 38.4 Å². The SMILES string of the molecule is [B]OC(=O)C[C@H](NC(=O)c1ccc(-c2ccc(C(=O)NCNC(=O)[C@H](CCCCC)[C@@H](CC)N(C=O)OC(=O)NC(C)(C)C)o2)cc1OCC(=O)O[B]C)C(=O)O[B]C. The first kappa shape index (κ1) is 49.2. The van der Waals surface area contributed by atoms with Crippen molar-refractivity contribution < 1.29 is 66.3 Å². The third kappa shape index (κ3) is 16.4. The second-order valence-corrected chi connectivity index (χ2v) is 13.8. The molecule has 19 nitrogen and oxygen atoms in total. The number of nitrogens with zero attached hydrogens (tertiary/aromatic N) is 1. The summed E-state index contributed by atoms with van der Waals surface area (Å²) in [5, 5.41) is 11.0. The van der Waals surface area contributed by atoms with Gasteiger partial charge in [-0.05, 0) is 57.9 Å². The van der Waals surface area contributed by atoms with Crippen molar-refractivity contribution >= 4 is 71.1 Å². The Kier molecular flexibility index (Phi) is 20.6. The van der Waals surface area contributed by atoms with Crippen LogP contribution >= 0.6 is 0 Å². The zero-order valence-corrected chi connectivity index (χ0v) is 34.2. The van der Waals surface area contributed by atoms with E-state index in [-0.39, 0.29) is 35.9 Å². The predicted octanol–water partition coefficient (Wildman–Crippen LogP) is 2.54. The minimum absolute atomic E-state index is 0.136. The Morgan fingerprint density at radius 1 is 0.932 bits per heavy atom. The first-order valence-corrected chi connectivity index (χ1v) is 18.8. The van der Waals surface area contributed by atoms with E-state index in [1.807, 2.05) is 6.92 Å². The molecule has 0 unspecified atom stereocenters. The summed E-state index contributed by atoms with van der Waals surface area (Å²) in [5.74, 6) is -5.85. The highest BCUT2D eigenvalue weighted by Crippen LogP contribution is 2.30. The molecule has 0 saturated heterocycles. The maximum absolute atomic E-state index is 13.5. The summed E-state index contributed by atoms with van der Waals surface area (Å²) < 4.78 is 25.1. The van der Waals surface area contributed by atoms with Gasteiger partial charge in [0.25, 0.3) is 17.8 Å². The van der Waals surface area contributed by atoms with E-state index < -0.39 is 78.3 Å². The first-order chi connectivity index (χ1) is 28.0. The monoisotopic (exact) mass is 821 g/mol. The third-order valence-corrected chi connectivity index (χ3v) is 8.21. The number of nitrogens with one attached hydrogen (secondary N) is 4. The number of rotatable bonds is 24. The van der Waals surface area contributed by atoms with Gasteiger partial charge in [0, 0.05) is 11.1 Å². The average molecular weight is 821 g/mol. The van der Waals surface area contributed by atoms with Gasteiger partial charge in [0.15, 0.2) is 12.4 Å². The number of hydrogen-bond acceptors (Lipinski definition) is 14. The molecular weight excluding hydrogens is 771 g/mol. The van der Waals surface area contributed by atoms with Gasteiger partial charge >= 0.3 is 41.0 Å². The summed E-state index contributed by atoms with van der Waals surface area (Å²) >= 11 is 0. The van der Waals surface area contributed by atoms with Gasteiger partial charge in [-0.2, -0.15) is 5.06 Å². The summed E-state index contributed by atoms with van der Waals surface area (Å²) in [5.41, 5.74) is -0.511. The van der Waals surface area contributed by atoms with Crippen LogP contribution in [0.15, 0.2) is 34.7 Å². The second kappa shape index (κ2) is 24.7. The first-order valence-electron chi connectivity index (χ1n) is 18.8. The molecule has 1 aromatic heterocycles. The Balaban J connectivity index is 2.26. The molecule has 2 aromatic rings. The van der Waals surface area contributed by atoms with E-state index in [1.54, 1.807) is 27.7 Å². The zero-order valence-electron chi connectivity index (χ0n) is 34.2. The van der Waals surface area contributed by atoms with E-state index in [0.29, 0.717) is 24.8 Å². The van der Waals surface area contributed by atoms with Crippen molar-refractivity contribution in [2.75, 3.05) is 13.3 Å². The molecule has 22 heteroatoms. The van der Waals surface area contributed by atoms with Crippen molar-refractivity contribution in [1.29, 1.82) is 0 Å².